The van der Waals surface area contributed by atoms with E-state index in [4.69, 9.17) is 34.8 Å². The number of carbonyl (C=O) groups is 2. The summed E-state index contributed by atoms with van der Waals surface area (Å²) in [6, 6.07) is 16.5. The first-order valence-corrected chi connectivity index (χ1v) is 15.3. The fourth-order valence-electron chi connectivity index (χ4n) is 3.89. The molecule has 214 valence electrons. The lowest BCUT2D eigenvalue weighted by molar-refractivity contribution is -0.139. The minimum absolute atomic E-state index is 0.0186. The minimum atomic E-state index is -4.27. The zero-order chi connectivity index (χ0) is 29.6. The molecule has 7 nitrogen and oxygen atoms in total. The van der Waals surface area contributed by atoms with Crippen molar-refractivity contribution >= 4 is 62.3 Å². The Morgan fingerprint density at radius 1 is 0.925 bits per heavy atom. The molecule has 0 fully saturated rings. The van der Waals surface area contributed by atoms with Crippen molar-refractivity contribution in [1.82, 2.24) is 10.2 Å². The molecule has 1 N–H and O–H groups in total. The number of nitrogens with zero attached hydrogens (tertiary/aromatic N) is 2. The summed E-state index contributed by atoms with van der Waals surface area (Å²) in [4.78, 5) is 28.4. The Labute approximate surface area is 251 Å². The van der Waals surface area contributed by atoms with Crippen molar-refractivity contribution in [1.29, 1.82) is 0 Å². The summed E-state index contributed by atoms with van der Waals surface area (Å²) in [6.45, 7) is 6.57. The summed E-state index contributed by atoms with van der Waals surface area (Å²) in [5, 5.41) is 3.64. The van der Waals surface area contributed by atoms with Gasteiger partial charge in [-0.3, -0.25) is 13.9 Å². The van der Waals surface area contributed by atoms with Crippen molar-refractivity contribution in [3.05, 3.63) is 92.9 Å². The topological polar surface area (TPSA) is 86.8 Å². The second-order valence-electron chi connectivity index (χ2n) is 9.53. The van der Waals surface area contributed by atoms with Crippen LogP contribution in [-0.2, 0) is 26.2 Å². The molecule has 0 spiro atoms. The van der Waals surface area contributed by atoms with E-state index in [9.17, 15) is 18.0 Å². The summed E-state index contributed by atoms with van der Waals surface area (Å²) < 4.78 is 28.8. The van der Waals surface area contributed by atoms with E-state index in [1.54, 1.807) is 43.3 Å². The normalized spacial score (nSPS) is 12.9. The standard InChI is InChI=1S/C29H32Cl3N3O4S/c1-5-20(3)33-29(37)21(4)34(17-22-8-6-7-9-25(22)31)28(36)18-35(27-16-23(30)12-15-26(27)32)40(38,39)24-13-10-19(2)11-14-24/h6-16,20-21H,5,17-18H2,1-4H3,(H,33,37). The van der Waals surface area contributed by atoms with Crippen LogP contribution in [0.1, 0.15) is 38.3 Å². The molecule has 2 unspecified atom stereocenters. The first-order chi connectivity index (χ1) is 18.8. The summed E-state index contributed by atoms with van der Waals surface area (Å²) in [6.07, 6.45) is 0.701. The number of aryl methyl sites for hydroxylation is 1. The van der Waals surface area contributed by atoms with Crippen molar-refractivity contribution in [2.24, 2.45) is 0 Å². The molecule has 3 aromatic carbocycles. The van der Waals surface area contributed by atoms with E-state index in [0.717, 1.165) is 9.87 Å². The second-order valence-corrected chi connectivity index (χ2v) is 12.6. The van der Waals surface area contributed by atoms with Gasteiger partial charge in [-0.1, -0.05) is 77.6 Å². The second kappa shape index (κ2) is 13.7. The van der Waals surface area contributed by atoms with Crippen molar-refractivity contribution in [2.45, 2.75) is 57.6 Å². The Balaban J connectivity index is 2.08. The van der Waals surface area contributed by atoms with E-state index in [2.05, 4.69) is 5.32 Å². The van der Waals surface area contributed by atoms with Crippen LogP contribution in [0.4, 0.5) is 5.69 Å². The molecule has 0 aliphatic rings. The van der Waals surface area contributed by atoms with Crippen molar-refractivity contribution in [2.75, 3.05) is 10.8 Å². The fourth-order valence-corrected chi connectivity index (χ4v) is 5.94. The van der Waals surface area contributed by atoms with E-state index < -0.39 is 28.5 Å². The van der Waals surface area contributed by atoms with Gasteiger partial charge in [0, 0.05) is 22.6 Å². The van der Waals surface area contributed by atoms with Gasteiger partial charge in [0.25, 0.3) is 10.0 Å². The van der Waals surface area contributed by atoms with Gasteiger partial charge in [0.2, 0.25) is 11.8 Å². The first kappa shape index (κ1) is 31.7. The molecule has 0 aliphatic heterocycles. The summed E-state index contributed by atoms with van der Waals surface area (Å²) in [7, 11) is -4.27. The highest BCUT2D eigenvalue weighted by atomic mass is 35.5. The van der Waals surface area contributed by atoms with Gasteiger partial charge in [-0.2, -0.15) is 0 Å². The average Bonchev–Trinajstić information content (AvgIpc) is 2.92. The van der Waals surface area contributed by atoms with Crippen LogP contribution in [0.5, 0.6) is 0 Å². The molecule has 0 aromatic heterocycles. The third-order valence-electron chi connectivity index (χ3n) is 6.53. The highest BCUT2D eigenvalue weighted by Gasteiger charge is 2.34. The van der Waals surface area contributed by atoms with Crippen molar-refractivity contribution in [3.8, 4) is 0 Å². The lowest BCUT2D eigenvalue weighted by Gasteiger charge is -2.33. The number of carbonyl (C=O) groups excluding carboxylic acids is 2. The number of amides is 2. The molecule has 0 saturated carbocycles. The maximum atomic E-state index is 14.0. The Hall–Kier alpha value is -2.78. The molecule has 3 rings (SSSR count). The summed E-state index contributed by atoms with van der Waals surface area (Å²) >= 11 is 19.0. The fraction of sp³-hybridized carbons (Fsp3) is 0.310. The number of nitrogens with one attached hydrogen (secondary N) is 1. The molecule has 2 atom stereocenters. The van der Waals surface area contributed by atoms with Crippen LogP contribution in [0.15, 0.2) is 71.6 Å². The third kappa shape index (κ3) is 7.69. The predicted octanol–water partition coefficient (Wildman–Crippen LogP) is 6.48. The van der Waals surface area contributed by atoms with Gasteiger partial charge in [-0.05, 0) is 69.2 Å². The summed E-state index contributed by atoms with van der Waals surface area (Å²) in [5.41, 5.74) is 1.52. The Morgan fingerprint density at radius 3 is 2.20 bits per heavy atom. The van der Waals surface area contributed by atoms with Crippen LogP contribution in [0, 0.1) is 6.92 Å². The Morgan fingerprint density at radius 2 is 1.57 bits per heavy atom. The molecule has 0 bridgehead atoms. The van der Waals surface area contributed by atoms with Crippen LogP contribution in [0.3, 0.4) is 0 Å². The highest BCUT2D eigenvalue weighted by Crippen LogP contribution is 2.33. The molecule has 0 heterocycles. The number of anilines is 1. The molecule has 3 aromatic rings. The minimum Gasteiger partial charge on any atom is -0.352 e. The molecular weight excluding hydrogens is 593 g/mol. The van der Waals surface area contributed by atoms with E-state index in [0.29, 0.717) is 17.0 Å². The number of hydrogen-bond acceptors (Lipinski definition) is 4. The molecular formula is C29H32Cl3N3O4S. The zero-order valence-corrected chi connectivity index (χ0v) is 25.8. The number of halogens is 3. The third-order valence-corrected chi connectivity index (χ3v) is 9.23. The van der Waals surface area contributed by atoms with Crippen LogP contribution >= 0.6 is 34.8 Å². The number of sulfonamides is 1. The molecule has 2 amide bonds. The largest absolute Gasteiger partial charge is 0.352 e. The van der Waals surface area contributed by atoms with Crippen LogP contribution in [-0.4, -0.2) is 43.8 Å². The SMILES string of the molecule is CCC(C)NC(=O)C(C)N(Cc1ccccc1Cl)C(=O)CN(c1cc(Cl)ccc1Cl)S(=O)(=O)c1ccc(C)cc1. The van der Waals surface area contributed by atoms with Gasteiger partial charge >= 0.3 is 0 Å². The molecule has 0 radical (unpaired) electrons. The van der Waals surface area contributed by atoms with E-state index in [1.165, 1.54) is 35.2 Å². The van der Waals surface area contributed by atoms with Gasteiger partial charge in [0.1, 0.15) is 12.6 Å². The van der Waals surface area contributed by atoms with E-state index in [1.807, 2.05) is 20.8 Å². The molecule has 0 aliphatic carbocycles. The Kier molecular flexibility index (Phi) is 10.9. The van der Waals surface area contributed by atoms with Gasteiger partial charge in [-0.15, -0.1) is 0 Å². The quantitative estimate of drug-likeness (QED) is 0.265. The van der Waals surface area contributed by atoms with Crippen molar-refractivity contribution < 1.29 is 18.0 Å². The van der Waals surface area contributed by atoms with Crippen LogP contribution < -0.4 is 9.62 Å². The van der Waals surface area contributed by atoms with Crippen LogP contribution in [0.2, 0.25) is 15.1 Å². The lowest BCUT2D eigenvalue weighted by Crippen LogP contribution is -2.52. The van der Waals surface area contributed by atoms with Gasteiger partial charge in [0.15, 0.2) is 0 Å². The lowest BCUT2D eigenvalue weighted by atomic mass is 10.1. The van der Waals surface area contributed by atoms with Crippen molar-refractivity contribution in [3.63, 3.8) is 0 Å². The van der Waals surface area contributed by atoms with E-state index >= 15 is 0 Å². The van der Waals surface area contributed by atoms with E-state index in [-0.39, 0.29) is 39.1 Å². The molecule has 0 saturated heterocycles. The van der Waals surface area contributed by atoms with Gasteiger partial charge < -0.3 is 10.2 Å². The number of benzene rings is 3. The molecule has 11 heteroatoms. The van der Waals surface area contributed by atoms with Crippen LogP contribution in [0.25, 0.3) is 0 Å². The first-order valence-electron chi connectivity index (χ1n) is 12.7. The number of hydrogen-bond donors (Lipinski definition) is 1. The average molecular weight is 625 g/mol. The summed E-state index contributed by atoms with van der Waals surface area (Å²) in [5.74, 6) is -0.998. The maximum Gasteiger partial charge on any atom is 0.264 e. The smallest absolute Gasteiger partial charge is 0.264 e. The zero-order valence-electron chi connectivity index (χ0n) is 22.7. The number of rotatable bonds is 11. The highest BCUT2D eigenvalue weighted by molar-refractivity contribution is 7.92. The Bertz CT molecular complexity index is 1470. The predicted molar refractivity (Wildman–Crippen MR) is 162 cm³/mol. The maximum absolute atomic E-state index is 14.0. The van der Waals surface area contributed by atoms with Gasteiger partial charge in [-0.25, -0.2) is 8.42 Å². The monoisotopic (exact) mass is 623 g/mol. The molecule has 40 heavy (non-hydrogen) atoms. The van der Waals surface area contributed by atoms with Gasteiger partial charge in [0.05, 0.1) is 15.6 Å².